The molecule has 0 atom stereocenters. The third-order valence-electron chi connectivity index (χ3n) is 4.29. The van der Waals surface area contributed by atoms with Crippen molar-refractivity contribution in [1.29, 1.82) is 0 Å². The predicted octanol–water partition coefficient (Wildman–Crippen LogP) is 2.48. The Morgan fingerprint density at radius 2 is 1.75 bits per heavy atom. The molecule has 0 aromatic heterocycles. The number of halogens is 2. The lowest BCUT2D eigenvalue weighted by Crippen LogP contribution is -3.15. The van der Waals surface area contributed by atoms with E-state index in [1.54, 1.807) is 24.3 Å². The van der Waals surface area contributed by atoms with E-state index in [0.29, 0.717) is 28.2 Å². The number of phenols is 1. The largest absolute Gasteiger partial charge is 0.508 e. The summed E-state index contributed by atoms with van der Waals surface area (Å²) in [6.07, 6.45) is 0. The fourth-order valence-electron chi connectivity index (χ4n) is 2.89. The Kier molecular flexibility index (Phi) is 5.72. The van der Waals surface area contributed by atoms with Gasteiger partial charge in [0.15, 0.2) is 0 Å². The SMILES string of the molecule is Oc1ccc(N2CC[NH+](CCOc3ccc(Cl)cc3Cl)CC2)cc1. The van der Waals surface area contributed by atoms with E-state index in [1.165, 1.54) is 4.90 Å². The first kappa shape index (κ1) is 17.2. The average Bonchev–Trinajstić information content (AvgIpc) is 2.58. The number of piperazine rings is 1. The number of hydrogen-bond donors (Lipinski definition) is 2. The minimum absolute atomic E-state index is 0.306. The van der Waals surface area contributed by atoms with Crippen LogP contribution in [0.2, 0.25) is 10.0 Å². The van der Waals surface area contributed by atoms with Gasteiger partial charge in [0.25, 0.3) is 0 Å². The maximum atomic E-state index is 9.37. The monoisotopic (exact) mass is 367 g/mol. The topological polar surface area (TPSA) is 37.1 Å². The minimum atomic E-state index is 0.306. The van der Waals surface area contributed by atoms with Crippen LogP contribution in [0.5, 0.6) is 11.5 Å². The highest BCUT2D eigenvalue weighted by Gasteiger charge is 2.20. The number of anilines is 1. The molecule has 2 aromatic carbocycles. The Morgan fingerprint density at radius 1 is 1.04 bits per heavy atom. The van der Waals surface area contributed by atoms with E-state index < -0.39 is 0 Å². The molecule has 4 nitrogen and oxygen atoms in total. The number of quaternary nitrogens is 1. The number of ether oxygens (including phenoxy) is 1. The Morgan fingerprint density at radius 3 is 2.42 bits per heavy atom. The fraction of sp³-hybridized carbons (Fsp3) is 0.333. The highest BCUT2D eigenvalue weighted by atomic mass is 35.5. The molecule has 0 radical (unpaired) electrons. The van der Waals surface area contributed by atoms with Crippen LogP contribution < -0.4 is 14.5 Å². The number of aromatic hydroxyl groups is 1. The zero-order valence-electron chi connectivity index (χ0n) is 13.3. The van der Waals surface area contributed by atoms with Crippen LogP contribution in [0.1, 0.15) is 0 Å². The van der Waals surface area contributed by atoms with Crippen LogP contribution in [0.4, 0.5) is 5.69 Å². The van der Waals surface area contributed by atoms with Gasteiger partial charge in [0.05, 0.1) is 31.2 Å². The van der Waals surface area contributed by atoms with Gasteiger partial charge in [-0.3, -0.25) is 0 Å². The summed E-state index contributed by atoms with van der Waals surface area (Å²) < 4.78 is 5.77. The van der Waals surface area contributed by atoms with Gasteiger partial charge in [-0.15, -0.1) is 0 Å². The van der Waals surface area contributed by atoms with Crippen molar-refractivity contribution in [1.82, 2.24) is 0 Å². The summed E-state index contributed by atoms with van der Waals surface area (Å²) in [5.41, 5.74) is 1.16. The lowest BCUT2D eigenvalue weighted by molar-refractivity contribution is -0.900. The van der Waals surface area contributed by atoms with Crippen LogP contribution in [0.15, 0.2) is 42.5 Å². The number of nitrogens with one attached hydrogen (secondary N) is 1. The van der Waals surface area contributed by atoms with Crippen molar-refractivity contribution in [2.45, 2.75) is 0 Å². The van der Waals surface area contributed by atoms with Crippen molar-refractivity contribution < 1.29 is 14.7 Å². The van der Waals surface area contributed by atoms with Gasteiger partial charge in [-0.1, -0.05) is 23.2 Å². The molecule has 1 aliphatic heterocycles. The van der Waals surface area contributed by atoms with E-state index in [-0.39, 0.29) is 0 Å². The van der Waals surface area contributed by atoms with Gasteiger partial charge in [0.1, 0.15) is 24.7 Å². The van der Waals surface area contributed by atoms with Crippen molar-refractivity contribution in [3.63, 3.8) is 0 Å². The molecule has 24 heavy (non-hydrogen) atoms. The number of phenolic OH excluding ortho intramolecular Hbond substituents is 1. The standard InChI is InChI=1S/C18H20Cl2N2O2/c19-14-1-6-18(17(20)13-14)24-12-11-21-7-9-22(10-8-21)15-2-4-16(23)5-3-15/h1-6,13,23H,7-12H2/p+1. The summed E-state index contributed by atoms with van der Waals surface area (Å²) in [5.74, 6) is 0.990. The van der Waals surface area contributed by atoms with Gasteiger partial charge in [-0.05, 0) is 42.5 Å². The van der Waals surface area contributed by atoms with Crippen molar-refractivity contribution >= 4 is 28.9 Å². The summed E-state index contributed by atoms with van der Waals surface area (Å²) in [7, 11) is 0. The van der Waals surface area contributed by atoms with E-state index in [2.05, 4.69) is 4.90 Å². The zero-order chi connectivity index (χ0) is 16.9. The summed E-state index contributed by atoms with van der Waals surface area (Å²) >= 11 is 12.0. The van der Waals surface area contributed by atoms with Gasteiger partial charge < -0.3 is 19.6 Å². The second kappa shape index (κ2) is 7.97. The van der Waals surface area contributed by atoms with E-state index >= 15 is 0 Å². The first-order valence-corrected chi connectivity index (χ1v) is 8.83. The number of nitrogens with zero attached hydrogens (tertiary/aromatic N) is 1. The molecule has 0 amide bonds. The molecule has 2 N–H and O–H groups in total. The molecule has 1 fully saturated rings. The average molecular weight is 368 g/mol. The summed E-state index contributed by atoms with van der Waals surface area (Å²) in [5, 5.41) is 10.5. The molecule has 1 heterocycles. The Hall–Kier alpha value is -1.62. The van der Waals surface area contributed by atoms with Crippen molar-refractivity contribution in [2.24, 2.45) is 0 Å². The van der Waals surface area contributed by atoms with Gasteiger partial charge in [-0.25, -0.2) is 0 Å². The molecular formula is C18H21Cl2N2O2+. The van der Waals surface area contributed by atoms with E-state index in [4.69, 9.17) is 27.9 Å². The first-order valence-electron chi connectivity index (χ1n) is 8.07. The number of benzene rings is 2. The second-order valence-electron chi connectivity index (χ2n) is 5.93. The van der Waals surface area contributed by atoms with Crippen LogP contribution in [0.25, 0.3) is 0 Å². The third kappa shape index (κ3) is 4.47. The van der Waals surface area contributed by atoms with Gasteiger partial charge in [0.2, 0.25) is 0 Å². The highest BCUT2D eigenvalue weighted by Crippen LogP contribution is 2.27. The molecule has 2 aromatic rings. The molecule has 0 bridgehead atoms. The number of hydrogen-bond acceptors (Lipinski definition) is 3. The van der Waals surface area contributed by atoms with Gasteiger partial charge >= 0.3 is 0 Å². The minimum Gasteiger partial charge on any atom is -0.508 e. The van der Waals surface area contributed by atoms with Crippen molar-refractivity contribution in [2.75, 3.05) is 44.2 Å². The molecule has 128 valence electrons. The second-order valence-corrected chi connectivity index (χ2v) is 6.77. The number of rotatable bonds is 5. The van der Waals surface area contributed by atoms with E-state index in [1.807, 2.05) is 18.2 Å². The summed E-state index contributed by atoms with van der Waals surface area (Å²) in [6.45, 7) is 5.72. The van der Waals surface area contributed by atoms with Crippen molar-refractivity contribution in [3.05, 3.63) is 52.5 Å². The molecule has 0 aliphatic carbocycles. The smallest absolute Gasteiger partial charge is 0.138 e. The Balaban J connectivity index is 1.43. The van der Waals surface area contributed by atoms with Crippen LogP contribution in [-0.4, -0.2) is 44.4 Å². The van der Waals surface area contributed by atoms with Gasteiger partial charge in [-0.2, -0.15) is 0 Å². The molecule has 1 saturated heterocycles. The predicted molar refractivity (Wildman–Crippen MR) is 97.8 cm³/mol. The quantitative estimate of drug-likeness (QED) is 0.852. The molecule has 3 rings (SSSR count). The molecule has 6 heteroatoms. The lowest BCUT2D eigenvalue weighted by atomic mass is 10.2. The molecule has 0 saturated carbocycles. The maximum absolute atomic E-state index is 9.37. The zero-order valence-corrected chi connectivity index (χ0v) is 14.9. The van der Waals surface area contributed by atoms with Gasteiger partial charge in [0, 0.05) is 10.7 Å². The molecular weight excluding hydrogens is 347 g/mol. The molecule has 0 spiro atoms. The summed E-state index contributed by atoms with van der Waals surface area (Å²) in [4.78, 5) is 3.87. The third-order valence-corrected chi connectivity index (χ3v) is 4.82. The van der Waals surface area contributed by atoms with Crippen molar-refractivity contribution in [3.8, 4) is 11.5 Å². The van der Waals surface area contributed by atoms with E-state index in [0.717, 1.165) is 38.4 Å². The van der Waals surface area contributed by atoms with Crippen LogP contribution >= 0.6 is 23.2 Å². The highest BCUT2D eigenvalue weighted by molar-refractivity contribution is 6.35. The van der Waals surface area contributed by atoms with Crippen LogP contribution in [0, 0.1) is 0 Å². The molecule has 0 unspecified atom stereocenters. The Labute approximate surface area is 152 Å². The lowest BCUT2D eigenvalue weighted by Gasteiger charge is -2.33. The first-order chi connectivity index (χ1) is 11.6. The van der Waals surface area contributed by atoms with Crippen LogP contribution in [0.3, 0.4) is 0 Å². The normalized spacial score (nSPS) is 15.5. The summed E-state index contributed by atoms with van der Waals surface area (Å²) in [6, 6.07) is 12.7. The van der Waals surface area contributed by atoms with Crippen LogP contribution in [-0.2, 0) is 0 Å². The molecule has 1 aliphatic rings. The fourth-order valence-corrected chi connectivity index (χ4v) is 3.36. The maximum Gasteiger partial charge on any atom is 0.138 e. The van der Waals surface area contributed by atoms with E-state index in [9.17, 15) is 5.11 Å². The Bertz CT molecular complexity index is 671.